The average Bonchev–Trinajstić information content (AvgIpc) is 3.50. The molecule has 1 amide bonds. The lowest BCUT2D eigenvalue weighted by atomic mass is 9.71. The number of pyridine rings is 1. The number of nitrogens with one attached hydrogen (secondary N) is 1. The average molecular weight is 811 g/mol. The number of alkyl carbamates (subject to hydrolysis) is 1. The Hall–Kier alpha value is -4.20. The fourth-order valence-corrected chi connectivity index (χ4v) is 8.55. The number of aliphatic hydroxyl groups excluding tert-OH is 1. The Morgan fingerprint density at radius 3 is 2.48 bits per heavy atom. The highest BCUT2D eigenvalue weighted by Gasteiger charge is 2.59. The number of carbonyl (C=O) groups excluding carboxylic acids is 3. The minimum atomic E-state index is -3.15. The lowest BCUT2D eigenvalue weighted by molar-refractivity contribution is -0.277. The monoisotopic (exact) mass is 810 g/mol. The molecule has 0 spiro atoms. The number of nitrogens with zero attached hydrogens (tertiary/aromatic N) is 3. The number of carbonyl (C=O) groups is 3. The predicted octanol–water partition coefficient (Wildman–Crippen LogP) is 4.97. The van der Waals surface area contributed by atoms with Crippen LogP contribution in [0.3, 0.4) is 0 Å². The zero-order valence-corrected chi connectivity index (χ0v) is 35.4. The molecule has 0 aliphatic carbocycles. The van der Waals surface area contributed by atoms with E-state index in [9.17, 15) is 19.5 Å². The molecule has 3 aliphatic rings. The Bertz CT molecular complexity index is 1920. The maximum atomic E-state index is 16.8. The Balaban J connectivity index is 1.63. The van der Waals surface area contributed by atoms with Gasteiger partial charge in [-0.2, -0.15) is 0 Å². The Kier molecular flexibility index (Phi) is 13.9. The van der Waals surface area contributed by atoms with Crippen LogP contribution in [-0.2, 0) is 38.1 Å². The number of oxime groups is 1. The van der Waals surface area contributed by atoms with Crippen LogP contribution in [0, 0.1) is 29.6 Å². The van der Waals surface area contributed by atoms with Crippen molar-refractivity contribution >= 4 is 34.5 Å². The summed E-state index contributed by atoms with van der Waals surface area (Å²) in [7, 11) is 5.07. The third-order valence-corrected chi connectivity index (χ3v) is 12.3. The normalized spacial score (nSPS) is 38.2. The van der Waals surface area contributed by atoms with E-state index in [4.69, 9.17) is 28.5 Å². The summed E-state index contributed by atoms with van der Waals surface area (Å²) in [6.45, 7) is 12.9. The van der Waals surface area contributed by atoms with Gasteiger partial charge in [0.15, 0.2) is 17.7 Å². The number of rotatable bonds is 7. The molecule has 2 aromatic rings. The SMILES string of the molecule is CC[C@H]1OC(=O)[C@@](C)(F)C(=O)[C@H](C)[C@@H](OC2O[C@H](C)C[C@H](N(C)C)[C@H]2O)C[C@@](C)(OCC#Cc2cnc3ccccc3c2)[C@@H](C)/C(=N\OC)[C@H](C)C2NC(=O)O[C@@]21C. The number of aliphatic hydroxyl groups is 1. The molecule has 1 aromatic heterocycles. The van der Waals surface area contributed by atoms with E-state index in [1.54, 1.807) is 27.0 Å². The van der Waals surface area contributed by atoms with E-state index in [2.05, 4.69) is 27.3 Å². The fraction of sp³-hybridized carbons (Fsp3) is 0.651. The van der Waals surface area contributed by atoms with Gasteiger partial charge in [-0.25, -0.2) is 14.0 Å². The quantitative estimate of drug-likeness (QED) is 0.167. The van der Waals surface area contributed by atoms with Crippen molar-refractivity contribution in [3.63, 3.8) is 0 Å². The molecule has 3 saturated heterocycles. The van der Waals surface area contributed by atoms with Gasteiger partial charge < -0.3 is 43.8 Å². The number of ketones is 1. The number of hydrogen-bond donors (Lipinski definition) is 2. The van der Waals surface area contributed by atoms with Crippen molar-refractivity contribution in [1.82, 2.24) is 15.2 Å². The summed E-state index contributed by atoms with van der Waals surface area (Å²) in [6.07, 6.45) is -3.63. The van der Waals surface area contributed by atoms with E-state index >= 15 is 4.39 Å². The highest BCUT2D eigenvalue weighted by atomic mass is 19.1. The first kappa shape index (κ1) is 44.9. The second kappa shape index (κ2) is 18.0. The predicted molar refractivity (Wildman–Crippen MR) is 213 cm³/mol. The molecule has 318 valence electrons. The smallest absolute Gasteiger partial charge is 0.408 e. The van der Waals surface area contributed by atoms with Crippen LogP contribution < -0.4 is 5.32 Å². The lowest BCUT2D eigenvalue weighted by Gasteiger charge is -2.46. The third-order valence-electron chi connectivity index (χ3n) is 12.3. The number of likely N-dealkylation sites (N-methyl/N-ethyl adjacent to an activating group) is 1. The van der Waals surface area contributed by atoms with Crippen LogP contribution in [-0.4, -0.2) is 126 Å². The van der Waals surface area contributed by atoms with E-state index in [0.29, 0.717) is 17.7 Å². The summed E-state index contributed by atoms with van der Waals surface area (Å²) >= 11 is 0. The number of Topliss-reactive ketones (excluding diaryl/α,β-unsaturated/α-hetero) is 1. The summed E-state index contributed by atoms with van der Waals surface area (Å²) in [6, 6.07) is 8.41. The van der Waals surface area contributed by atoms with Crippen LogP contribution in [0.5, 0.6) is 0 Å². The number of benzene rings is 1. The Labute approximate surface area is 340 Å². The molecule has 58 heavy (non-hydrogen) atoms. The van der Waals surface area contributed by atoms with E-state index in [0.717, 1.165) is 17.8 Å². The molecule has 13 atom stereocenters. The number of esters is 1. The van der Waals surface area contributed by atoms with Gasteiger partial charge in [-0.05, 0) is 66.8 Å². The molecule has 0 saturated carbocycles. The number of fused-ring (bicyclic) bond motifs is 2. The van der Waals surface area contributed by atoms with Crippen LogP contribution in [0.4, 0.5) is 9.18 Å². The minimum Gasteiger partial charge on any atom is -0.455 e. The van der Waals surface area contributed by atoms with Crippen LogP contribution >= 0.6 is 0 Å². The molecule has 2 unspecified atom stereocenters. The first-order valence-electron chi connectivity index (χ1n) is 19.9. The molecule has 2 N–H and O–H groups in total. The number of amides is 1. The maximum absolute atomic E-state index is 16.8. The summed E-state index contributed by atoms with van der Waals surface area (Å²) in [5.41, 5.74) is -4.02. The number of ether oxygens (including phenoxy) is 5. The molecule has 3 fully saturated rings. The van der Waals surface area contributed by atoms with Crippen molar-refractivity contribution in [1.29, 1.82) is 0 Å². The maximum Gasteiger partial charge on any atom is 0.408 e. The molecule has 1 aromatic carbocycles. The van der Waals surface area contributed by atoms with Gasteiger partial charge >= 0.3 is 12.1 Å². The van der Waals surface area contributed by atoms with Gasteiger partial charge in [-0.3, -0.25) is 9.78 Å². The van der Waals surface area contributed by atoms with Gasteiger partial charge in [0.05, 0.1) is 35.1 Å². The largest absolute Gasteiger partial charge is 0.455 e. The van der Waals surface area contributed by atoms with Gasteiger partial charge in [0.25, 0.3) is 5.67 Å². The topological polar surface area (TPSA) is 167 Å². The van der Waals surface area contributed by atoms with Crippen molar-refractivity contribution in [2.75, 3.05) is 27.8 Å². The second-order valence-corrected chi connectivity index (χ2v) is 16.6. The highest BCUT2D eigenvalue weighted by Crippen LogP contribution is 2.41. The summed E-state index contributed by atoms with van der Waals surface area (Å²) in [4.78, 5) is 52.9. The summed E-state index contributed by atoms with van der Waals surface area (Å²) in [5.74, 6) is 1.06. The molecule has 4 heterocycles. The molecule has 0 bridgehead atoms. The third kappa shape index (κ3) is 9.16. The van der Waals surface area contributed by atoms with E-state index in [-0.39, 0.29) is 31.6 Å². The number of alkyl halides is 1. The molecule has 14 nitrogen and oxygen atoms in total. The molecule has 0 radical (unpaired) electrons. The molecule has 3 aliphatic heterocycles. The highest BCUT2D eigenvalue weighted by molar-refractivity contribution is 6.07. The number of cyclic esters (lactones) is 1. The number of para-hydroxylation sites is 1. The minimum absolute atomic E-state index is 0.100. The number of halogens is 1. The molecule has 5 rings (SSSR count). The van der Waals surface area contributed by atoms with Gasteiger partial charge in [0.2, 0.25) is 0 Å². The Morgan fingerprint density at radius 2 is 1.81 bits per heavy atom. The van der Waals surface area contributed by atoms with Crippen molar-refractivity contribution in [2.45, 2.75) is 134 Å². The zero-order chi connectivity index (χ0) is 42.7. The van der Waals surface area contributed by atoms with Gasteiger partial charge in [-0.15, -0.1) is 0 Å². The first-order chi connectivity index (χ1) is 27.3. The van der Waals surface area contributed by atoms with Crippen molar-refractivity contribution in [3.05, 3.63) is 42.1 Å². The van der Waals surface area contributed by atoms with E-state index < -0.39 is 83.1 Å². The summed E-state index contributed by atoms with van der Waals surface area (Å²) in [5, 5.41) is 19.8. The lowest BCUT2D eigenvalue weighted by Crippen LogP contribution is -2.60. The second-order valence-electron chi connectivity index (χ2n) is 16.6. The van der Waals surface area contributed by atoms with Crippen molar-refractivity contribution < 1.29 is 52.4 Å². The number of aromatic nitrogens is 1. The Morgan fingerprint density at radius 1 is 1.10 bits per heavy atom. The van der Waals surface area contributed by atoms with E-state index in [1.165, 1.54) is 14.0 Å². The van der Waals surface area contributed by atoms with Crippen LogP contribution in [0.1, 0.15) is 80.2 Å². The van der Waals surface area contributed by atoms with E-state index in [1.807, 2.05) is 70.1 Å². The van der Waals surface area contributed by atoms with Gasteiger partial charge in [-0.1, -0.05) is 62.9 Å². The first-order valence-corrected chi connectivity index (χ1v) is 19.9. The van der Waals surface area contributed by atoms with Gasteiger partial charge in [0, 0.05) is 47.4 Å². The van der Waals surface area contributed by atoms with Crippen LogP contribution in [0.25, 0.3) is 10.9 Å². The van der Waals surface area contributed by atoms with Crippen LogP contribution in [0.15, 0.2) is 41.7 Å². The molecular formula is C43H59FN4O10. The van der Waals surface area contributed by atoms with Crippen molar-refractivity contribution in [2.24, 2.45) is 22.9 Å². The zero-order valence-electron chi connectivity index (χ0n) is 35.4. The number of hydrogen-bond acceptors (Lipinski definition) is 13. The van der Waals surface area contributed by atoms with Gasteiger partial charge in [0.1, 0.15) is 25.9 Å². The molecular weight excluding hydrogens is 751 g/mol. The van der Waals surface area contributed by atoms with Crippen molar-refractivity contribution in [3.8, 4) is 11.8 Å². The van der Waals surface area contributed by atoms with Crippen LogP contribution in [0.2, 0.25) is 0 Å². The fourth-order valence-electron chi connectivity index (χ4n) is 8.55. The standard InChI is InChI=1S/C43H59FN4O10/c1-12-33-43(8)36(46-40(52)58-43)26(4)34(47-53-11)27(5)41(6,54-19-15-16-28-21-29-17-13-14-18-30(29)45-23-28)22-32(25(3)37(50)42(7,44)39(51)57-33)56-38-35(49)31(48(9)10)20-24(2)55-38/h13-14,17-18,21,23-27,31-33,35-36,38,49H,12,19-20,22H2,1-11H3,(H,46,52)/b47-34-/t24-,25-,26+,27+,31+,32+,33-,35-,36?,38?,41-,42+,43-/m1/s1. The summed E-state index contributed by atoms with van der Waals surface area (Å²) < 4.78 is 47.8. The molecule has 15 heteroatoms.